The number of nitrogens with one attached hydrogen (secondary N) is 2. The van der Waals surface area contributed by atoms with Crippen molar-refractivity contribution < 1.29 is 9.59 Å². The lowest BCUT2D eigenvalue weighted by Gasteiger charge is -2.50. The average molecular weight is 543 g/mol. The molecule has 2 N–H and O–H groups in total. The van der Waals surface area contributed by atoms with Crippen molar-refractivity contribution in [3.05, 3.63) is 0 Å². The summed E-state index contributed by atoms with van der Waals surface area (Å²) in [6.45, 7) is 15.3. The highest BCUT2D eigenvalue weighted by molar-refractivity contribution is 6.12. The van der Waals surface area contributed by atoms with Gasteiger partial charge in [-0.15, -0.1) is 0 Å². The van der Waals surface area contributed by atoms with E-state index in [9.17, 15) is 9.59 Å². The molecule has 2 fully saturated rings. The molecule has 2 aliphatic rings. The topological polar surface area (TPSA) is 58.2 Å². The second-order valence-corrected chi connectivity index (χ2v) is 13.7. The van der Waals surface area contributed by atoms with E-state index in [-0.39, 0.29) is 11.7 Å². The Kier molecular flexibility index (Phi) is 15.7. The Morgan fingerprint density at radius 1 is 0.718 bits per heavy atom. The Morgan fingerprint density at radius 2 is 1.28 bits per heavy atom. The first kappa shape index (κ1) is 34.4. The summed E-state index contributed by atoms with van der Waals surface area (Å²) in [7, 11) is 8.47. The zero-order chi connectivity index (χ0) is 28.9. The lowest BCUT2D eigenvalue weighted by Crippen LogP contribution is -2.43. The van der Waals surface area contributed by atoms with Crippen LogP contribution in [0.2, 0.25) is 5.82 Å². The molecular formula is C34H63BN2O2. The molecule has 2 aliphatic carbocycles. The number of hydrogen-bond acceptors (Lipinski definition) is 3. The molecule has 0 spiro atoms. The largest absolute Gasteiger partial charge is 0.356 e. The van der Waals surface area contributed by atoms with Crippen LogP contribution in [0.3, 0.4) is 0 Å². The zero-order valence-corrected chi connectivity index (χ0v) is 26.8. The van der Waals surface area contributed by atoms with Gasteiger partial charge in [0, 0.05) is 19.4 Å². The van der Waals surface area contributed by atoms with E-state index in [2.05, 4.69) is 45.3 Å². The Labute approximate surface area is 243 Å². The standard InChI is InChI=1S/C34H63BN2O2/c1-8-10-30-24(4)25(5)31(30)16-13-27(12-11-23(3)38)15-18-33(39)37-22-20-28(19-21-36-7)14-17-32-29(9-2)26(6)34(32)35/h24-32,34,36H,8-22H2,1-7H3,(H,37,39). The third-order valence-corrected chi connectivity index (χ3v) is 11.3. The summed E-state index contributed by atoms with van der Waals surface area (Å²) in [6.07, 6.45) is 14.0. The van der Waals surface area contributed by atoms with Gasteiger partial charge in [0.2, 0.25) is 5.91 Å². The number of amides is 1. The molecule has 0 bridgehead atoms. The first-order chi connectivity index (χ1) is 18.6. The monoisotopic (exact) mass is 542 g/mol. The van der Waals surface area contributed by atoms with E-state index in [1.165, 1.54) is 38.5 Å². The minimum absolute atomic E-state index is 0.186. The minimum Gasteiger partial charge on any atom is -0.356 e. The third kappa shape index (κ3) is 10.5. The Morgan fingerprint density at radius 3 is 1.87 bits per heavy atom. The second kappa shape index (κ2) is 17.9. The van der Waals surface area contributed by atoms with E-state index in [1.54, 1.807) is 6.92 Å². The summed E-state index contributed by atoms with van der Waals surface area (Å²) >= 11 is 0. The molecule has 0 aromatic heterocycles. The number of hydrogen-bond donors (Lipinski definition) is 2. The Bertz CT molecular complexity index is 715. The van der Waals surface area contributed by atoms with Crippen LogP contribution in [0.5, 0.6) is 0 Å². The summed E-state index contributed by atoms with van der Waals surface area (Å²) in [4.78, 5) is 24.5. The molecule has 10 atom stereocenters. The maximum atomic E-state index is 12.8. The van der Waals surface area contributed by atoms with E-state index in [4.69, 9.17) is 7.85 Å². The molecule has 39 heavy (non-hydrogen) atoms. The molecule has 0 aliphatic heterocycles. The summed E-state index contributed by atoms with van der Waals surface area (Å²) in [5.41, 5.74) is 0. The van der Waals surface area contributed by atoms with Gasteiger partial charge in [0.05, 0.1) is 7.85 Å². The summed E-state index contributed by atoms with van der Waals surface area (Å²) < 4.78 is 0. The molecule has 5 heteroatoms. The van der Waals surface area contributed by atoms with Crippen LogP contribution in [-0.4, -0.2) is 39.7 Å². The quantitative estimate of drug-likeness (QED) is 0.147. The maximum absolute atomic E-state index is 12.8. The minimum atomic E-state index is 0.186. The summed E-state index contributed by atoms with van der Waals surface area (Å²) in [5.74, 6) is 7.40. The summed E-state index contributed by atoms with van der Waals surface area (Å²) in [6, 6.07) is 0. The van der Waals surface area contributed by atoms with Crippen molar-refractivity contribution in [1.82, 2.24) is 10.6 Å². The van der Waals surface area contributed by atoms with E-state index < -0.39 is 0 Å². The van der Waals surface area contributed by atoms with E-state index in [0.29, 0.717) is 42.3 Å². The van der Waals surface area contributed by atoms with Gasteiger partial charge in [0.25, 0.3) is 0 Å². The Balaban J connectivity index is 1.75. The molecule has 2 radical (unpaired) electrons. The van der Waals surface area contributed by atoms with Gasteiger partial charge >= 0.3 is 0 Å². The zero-order valence-electron chi connectivity index (χ0n) is 26.8. The third-order valence-electron chi connectivity index (χ3n) is 11.3. The van der Waals surface area contributed by atoms with Gasteiger partial charge in [0.1, 0.15) is 5.78 Å². The predicted molar refractivity (Wildman–Crippen MR) is 167 cm³/mol. The van der Waals surface area contributed by atoms with E-state index in [1.807, 2.05) is 7.05 Å². The molecule has 10 unspecified atom stereocenters. The van der Waals surface area contributed by atoms with Gasteiger partial charge < -0.3 is 15.4 Å². The maximum Gasteiger partial charge on any atom is 0.220 e. The average Bonchev–Trinajstić information content (AvgIpc) is 2.92. The van der Waals surface area contributed by atoms with Gasteiger partial charge in [-0.25, -0.2) is 0 Å². The lowest BCUT2D eigenvalue weighted by atomic mass is 9.48. The van der Waals surface area contributed by atoms with Gasteiger partial charge in [-0.3, -0.25) is 4.79 Å². The SMILES string of the molecule is [B]C1C(C)C(CC)C1CCC(CCNC)CCNC(=O)CCC(CCC(C)=O)CCC1C(C)C(C)C1CCC. The number of Topliss-reactive ketones (excluding diaryl/α,β-unsaturated/α-hetero) is 1. The van der Waals surface area contributed by atoms with Crippen LogP contribution in [0.15, 0.2) is 0 Å². The van der Waals surface area contributed by atoms with Crippen molar-refractivity contribution in [3.63, 3.8) is 0 Å². The number of carbonyl (C=O) groups excluding carboxylic acids is 2. The number of rotatable bonds is 21. The lowest BCUT2D eigenvalue weighted by molar-refractivity contribution is -0.121. The highest BCUT2D eigenvalue weighted by atomic mass is 16.1. The molecule has 1 amide bonds. The van der Waals surface area contributed by atoms with Gasteiger partial charge in [0.15, 0.2) is 0 Å². The fourth-order valence-electron chi connectivity index (χ4n) is 8.31. The van der Waals surface area contributed by atoms with Crippen molar-refractivity contribution in [2.24, 2.45) is 53.3 Å². The van der Waals surface area contributed by atoms with Crippen molar-refractivity contribution in [3.8, 4) is 0 Å². The molecule has 224 valence electrons. The first-order valence-electron chi connectivity index (χ1n) is 16.8. The van der Waals surface area contributed by atoms with Crippen molar-refractivity contribution >= 4 is 19.5 Å². The van der Waals surface area contributed by atoms with Gasteiger partial charge in [-0.1, -0.05) is 79.0 Å². The molecule has 4 nitrogen and oxygen atoms in total. The van der Waals surface area contributed by atoms with Crippen LogP contribution in [0.1, 0.15) is 125 Å². The first-order valence-corrected chi connectivity index (χ1v) is 16.8. The van der Waals surface area contributed by atoms with Crippen LogP contribution in [0.25, 0.3) is 0 Å². The fraction of sp³-hybridized carbons (Fsp3) is 0.941. The molecule has 0 aromatic rings. The van der Waals surface area contributed by atoms with Gasteiger partial charge in [-0.05, 0) is 106 Å². The van der Waals surface area contributed by atoms with E-state index in [0.717, 1.165) is 74.8 Å². The van der Waals surface area contributed by atoms with Crippen LogP contribution in [-0.2, 0) is 9.59 Å². The van der Waals surface area contributed by atoms with Crippen molar-refractivity contribution in [2.45, 2.75) is 131 Å². The predicted octanol–water partition coefficient (Wildman–Crippen LogP) is 7.61. The smallest absolute Gasteiger partial charge is 0.220 e. The van der Waals surface area contributed by atoms with Crippen LogP contribution < -0.4 is 10.6 Å². The number of ketones is 1. The van der Waals surface area contributed by atoms with Crippen LogP contribution in [0.4, 0.5) is 0 Å². The normalized spacial score (nSPS) is 31.7. The number of carbonyl (C=O) groups is 2. The molecule has 0 heterocycles. The fourth-order valence-corrected chi connectivity index (χ4v) is 8.31. The molecule has 2 rings (SSSR count). The highest BCUT2D eigenvalue weighted by Gasteiger charge is 2.44. The van der Waals surface area contributed by atoms with Crippen molar-refractivity contribution in [1.29, 1.82) is 0 Å². The van der Waals surface area contributed by atoms with Crippen LogP contribution >= 0.6 is 0 Å². The highest BCUT2D eigenvalue weighted by Crippen LogP contribution is 2.53. The van der Waals surface area contributed by atoms with Crippen LogP contribution in [0, 0.1) is 53.3 Å². The van der Waals surface area contributed by atoms with E-state index >= 15 is 0 Å². The van der Waals surface area contributed by atoms with Gasteiger partial charge in [-0.2, -0.15) is 0 Å². The molecule has 0 saturated heterocycles. The summed E-state index contributed by atoms with van der Waals surface area (Å²) in [5, 5.41) is 6.54. The molecule has 0 aromatic carbocycles. The second-order valence-electron chi connectivity index (χ2n) is 13.7. The Hall–Kier alpha value is -0.835. The molecular weight excluding hydrogens is 479 g/mol. The van der Waals surface area contributed by atoms with Crippen molar-refractivity contribution in [2.75, 3.05) is 20.1 Å². The molecule has 2 saturated carbocycles.